The summed E-state index contributed by atoms with van der Waals surface area (Å²) < 4.78 is 32.8. The van der Waals surface area contributed by atoms with Gasteiger partial charge in [-0.3, -0.25) is 4.72 Å². The fourth-order valence-electron chi connectivity index (χ4n) is 1.82. The van der Waals surface area contributed by atoms with Crippen LogP contribution in [0.5, 0.6) is 5.75 Å². The quantitative estimate of drug-likeness (QED) is 0.593. The number of nitrogens with zero attached hydrogens (tertiary/aromatic N) is 3. The van der Waals surface area contributed by atoms with Crippen molar-refractivity contribution in [3.8, 4) is 11.4 Å². The summed E-state index contributed by atoms with van der Waals surface area (Å²) in [6.07, 6.45) is 4.37. The van der Waals surface area contributed by atoms with Crippen LogP contribution in [0.3, 0.4) is 0 Å². The van der Waals surface area contributed by atoms with Gasteiger partial charge in [0.1, 0.15) is 5.75 Å². The van der Waals surface area contributed by atoms with Crippen molar-refractivity contribution in [2.45, 2.75) is 12.8 Å². The van der Waals surface area contributed by atoms with Gasteiger partial charge in [0.05, 0.1) is 24.7 Å². The Labute approximate surface area is 129 Å². The van der Waals surface area contributed by atoms with Gasteiger partial charge in [0, 0.05) is 6.07 Å². The van der Waals surface area contributed by atoms with E-state index in [0.717, 1.165) is 5.69 Å². The maximum absolute atomic E-state index is 11.9. The molecule has 0 saturated heterocycles. The van der Waals surface area contributed by atoms with Gasteiger partial charge in [0.2, 0.25) is 10.0 Å². The zero-order chi connectivity index (χ0) is 16.0. The SMILES string of the molecule is C=CCCCS(=O)(=O)Nc1cn(-c2cccc(OC)c2)nn1. The van der Waals surface area contributed by atoms with E-state index in [1.807, 2.05) is 18.2 Å². The second-order valence-electron chi connectivity index (χ2n) is 4.60. The van der Waals surface area contributed by atoms with Crippen LogP contribution < -0.4 is 9.46 Å². The van der Waals surface area contributed by atoms with Crippen LogP contribution in [-0.2, 0) is 10.0 Å². The number of methoxy groups -OCH3 is 1. The average molecular weight is 322 g/mol. The third-order valence-electron chi connectivity index (χ3n) is 2.89. The van der Waals surface area contributed by atoms with E-state index < -0.39 is 10.0 Å². The number of unbranched alkanes of at least 4 members (excludes halogenated alkanes) is 1. The molecule has 0 fully saturated rings. The number of anilines is 1. The van der Waals surface area contributed by atoms with E-state index in [1.165, 1.54) is 10.9 Å². The minimum atomic E-state index is -3.43. The number of hydrogen-bond acceptors (Lipinski definition) is 5. The fourth-order valence-corrected chi connectivity index (χ4v) is 2.88. The number of hydrogen-bond donors (Lipinski definition) is 1. The molecular weight excluding hydrogens is 304 g/mol. The van der Waals surface area contributed by atoms with Crippen molar-refractivity contribution in [3.05, 3.63) is 43.1 Å². The molecule has 2 aromatic rings. The molecule has 118 valence electrons. The van der Waals surface area contributed by atoms with Gasteiger partial charge in [-0.2, -0.15) is 0 Å². The lowest BCUT2D eigenvalue weighted by molar-refractivity contribution is 0.414. The normalized spacial score (nSPS) is 11.1. The molecular formula is C14H18N4O3S. The highest BCUT2D eigenvalue weighted by atomic mass is 32.2. The molecule has 0 spiro atoms. The van der Waals surface area contributed by atoms with Gasteiger partial charge in [-0.1, -0.05) is 17.4 Å². The van der Waals surface area contributed by atoms with Gasteiger partial charge in [-0.15, -0.1) is 11.7 Å². The number of allylic oxidation sites excluding steroid dienone is 1. The van der Waals surface area contributed by atoms with Crippen LogP contribution in [0.4, 0.5) is 5.82 Å². The van der Waals surface area contributed by atoms with Crippen molar-refractivity contribution in [2.24, 2.45) is 0 Å². The molecule has 0 unspecified atom stereocenters. The zero-order valence-corrected chi connectivity index (χ0v) is 13.1. The minimum absolute atomic E-state index is 0.0189. The van der Waals surface area contributed by atoms with Gasteiger partial charge < -0.3 is 4.74 Å². The molecule has 1 N–H and O–H groups in total. The number of sulfonamides is 1. The Morgan fingerprint density at radius 3 is 3.00 bits per heavy atom. The third kappa shape index (κ3) is 4.32. The monoisotopic (exact) mass is 322 g/mol. The average Bonchev–Trinajstić information content (AvgIpc) is 2.95. The molecule has 0 amide bonds. The van der Waals surface area contributed by atoms with Crippen LogP contribution in [0.15, 0.2) is 43.1 Å². The highest BCUT2D eigenvalue weighted by molar-refractivity contribution is 7.92. The number of nitrogens with one attached hydrogen (secondary N) is 1. The molecule has 0 bridgehead atoms. The van der Waals surface area contributed by atoms with Crippen LogP contribution in [0.25, 0.3) is 5.69 Å². The number of benzene rings is 1. The third-order valence-corrected chi connectivity index (χ3v) is 4.24. The topological polar surface area (TPSA) is 86.1 Å². The van der Waals surface area contributed by atoms with Crippen molar-refractivity contribution in [1.82, 2.24) is 15.0 Å². The summed E-state index contributed by atoms with van der Waals surface area (Å²) in [6, 6.07) is 7.22. The molecule has 0 atom stereocenters. The van der Waals surface area contributed by atoms with E-state index in [0.29, 0.717) is 18.6 Å². The molecule has 0 aliphatic rings. The Hall–Kier alpha value is -2.35. The first-order chi connectivity index (χ1) is 10.5. The fraction of sp³-hybridized carbons (Fsp3) is 0.286. The van der Waals surface area contributed by atoms with E-state index in [-0.39, 0.29) is 11.6 Å². The summed E-state index contributed by atoms with van der Waals surface area (Å²) >= 11 is 0. The zero-order valence-electron chi connectivity index (χ0n) is 12.3. The van der Waals surface area contributed by atoms with E-state index in [1.54, 1.807) is 19.3 Å². The van der Waals surface area contributed by atoms with E-state index in [2.05, 4.69) is 21.6 Å². The molecule has 2 rings (SSSR count). The Morgan fingerprint density at radius 1 is 1.45 bits per heavy atom. The van der Waals surface area contributed by atoms with Crippen molar-refractivity contribution >= 4 is 15.8 Å². The predicted molar refractivity (Wildman–Crippen MR) is 84.8 cm³/mol. The maximum atomic E-state index is 11.9. The molecule has 0 aliphatic heterocycles. The van der Waals surface area contributed by atoms with Gasteiger partial charge in [-0.05, 0) is 25.0 Å². The Bertz CT molecular complexity index is 740. The van der Waals surface area contributed by atoms with E-state index in [9.17, 15) is 8.42 Å². The van der Waals surface area contributed by atoms with Crippen molar-refractivity contribution in [2.75, 3.05) is 17.6 Å². The van der Waals surface area contributed by atoms with Gasteiger partial charge >= 0.3 is 0 Å². The molecule has 1 aromatic heterocycles. The molecule has 0 radical (unpaired) electrons. The van der Waals surface area contributed by atoms with Crippen LogP contribution >= 0.6 is 0 Å². The summed E-state index contributed by atoms with van der Waals surface area (Å²) in [7, 11) is -1.85. The number of rotatable bonds is 8. The van der Waals surface area contributed by atoms with Crippen LogP contribution in [0.1, 0.15) is 12.8 Å². The highest BCUT2D eigenvalue weighted by Gasteiger charge is 2.12. The summed E-state index contributed by atoms with van der Waals surface area (Å²) in [5, 5.41) is 7.73. The Balaban J connectivity index is 2.09. The van der Waals surface area contributed by atoms with Gasteiger partial charge in [-0.25, -0.2) is 13.1 Å². The maximum Gasteiger partial charge on any atom is 0.233 e. The standard InChI is InChI=1S/C14H18N4O3S/c1-3-4-5-9-22(19,20)16-14-11-18(17-15-14)12-7-6-8-13(10-12)21-2/h3,6-8,10-11,16H,1,4-5,9H2,2H3. The van der Waals surface area contributed by atoms with E-state index >= 15 is 0 Å². The predicted octanol–water partition coefficient (Wildman–Crippen LogP) is 1.98. The first-order valence-electron chi connectivity index (χ1n) is 6.72. The minimum Gasteiger partial charge on any atom is -0.497 e. The van der Waals surface area contributed by atoms with Crippen LogP contribution in [0, 0.1) is 0 Å². The number of ether oxygens (including phenoxy) is 1. The second kappa shape index (κ2) is 7.08. The lowest BCUT2D eigenvalue weighted by Crippen LogP contribution is -2.16. The molecule has 1 aromatic carbocycles. The molecule has 8 heteroatoms. The molecule has 22 heavy (non-hydrogen) atoms. The van der Waals surface area contributed by atoms with Crippen molar-refractivity contribution in [3.63, 3.8) is 0 Å². The van der Waals surface area contributed by atoms with E-state index in [4.69, 9.17) is 4.74 Å². The smallest absolute Gasteiger partial charge is 0.233 e. The van der Waals surface area contributed by atoms with Crippen molar-refractivity contribution in [1.29, 1.82) is 0 Å². The van der Waals surface area contributed by atoms with Crippen LogP contribution in [0.2, 0.25) is 0 Å². The van der Waals surface area contributed by atoms with Crippen molar-refractivity contribution < 1.29 is 13.2 Å². The van der Waals surface area contributed by atoms with Gasteiger partial charge in [0.25, 0.3) is 0 Å². The summed E-state index contributed by atoms with van der Waals surface area (Å²) in [5.74, 6) is 0.881. The van der Waals surface area contributed by atoms with Crippen LogP contribution in [-0.4, -0.2) is 36.3 Å². The summed E-state index contributed by atoms with van der Waals surface area (Å²) in [6.45, 7) is 3.56. The lowest BCUT2D eigenvalue weighted by atomic mass is 10.3. The highest BCUT2D eigenvalue weighted by Crippen LogP contribution is 2.17. The summed E-state index contributed by atoms with van der Waals surface area (Å²) in [4.78, 5) is 0. The Morgan fingerprint density at radius 2 is 2.27 bits per heavy atom. The first kappa shape index (κ1) is 16.0. The first-order valence-corrected chi connectivity index (χ1v) is 8.37. The molecule has 1 heterocycles. The largest absolute Gasteiger partial charge is 0.497 e. The second-order valence-corrected chi connectivity index (χ2v) is 6.44. The Kier molecular flexibility index (Phi) is 5.16. The van der Waals surface area contributed by atoms with Gasteiger partial charge in [0.15, 0.2) is 5.82 Å². The summed E-state index contributed by atoms with van der Waals surface area (Å²) in [5.41, 5.74) is 0.726. The molecule has 7 nitrogen and oxygen atoms in total. The molecule has 0 saturated carbocycles. The lowest BCUT2D eigenvalue weighted by Gasteiger charge is -2.04. The number of aromatic nitrogens is 3. The molecule has 0 aliphatic carbocycles.